The molecule has 0 aliphatic carbocycles. The fourth-order valence-corrected chi connectivity index (χ4v) is 3.21. The third-order valence-electron chi connectivity index (χ3n) is 4.63. The Bertz CT molecular complexity index is 1380. The van der Waals surface area contributed by atoms with Crippen molar-refractivity contribution in [2.75, 3.05) is 18.4 Å². The second kappa shape index (κ2) is 11.1. The van der Waals surface area contributed by atoms with Gasteiger partial charge in [-0.05, 0) is 39.3 Å². The maximum absolute atomic E-state index is 13.1. The molecule has 0 bridgehead atoms. The number of aryl methyl sites for hydroxylation is 1. The van der Waals surface area contributed by atoms with Crippen molar-refractivity contribution in [3.05, 3.63) is 73.8 Å². The quantitative estimate of drug-likeness (QED) is 0.339. The van der Waals surface area contributed by atoms with Gasteiger partial charge in [0.15, 0.2) is 5.78 Å². The summed E-state index contributed by atoms with van der Waals surface area (Å²) in [6.45, 7) is 6.73. The largest absolute Gasteiger partial charge is 0.444 e. The van der Waals surface area contributed by atoms with E-state index in [0.717, 1.165) is 9.13 Å². The van der Waals surface area contributed by atoms with E-state index in [2.05, 4.69) is 25.6 Å². The van der Waals surface area contributed by atoms with Gasteiger partial charge in [0, 0.05) is 30.4 Å². The van der Waals surface area contributed by atoms with Gasteiger partial charge in [0.25, 0.3) is 5.56 Å². The molecule has 12 nitrogen and oxygen atoms in total. The summed E-state index contributed by atoms with van der Waals surface area (Å²) in [5, 5.41) is 5.25. The number of Topliss-reactive ketones (excluding diaryl/α,β-unsaturated/α-hetero) is 1. The van der Waals surface area contributed by atoms with Crippen molar-refractivity contribution >= 4 is 29.4 Å². The number of nitrogens with one attached hydrogen (secondary N) is 2. The standard InChI is InChI=1S/C23H26ClN7O5/c1-14-12-31(22(35)30(17(14)33)13-16(32)15-8-6-5-7-9-15)20-28-18(24)27-19(29-20)25-10-11-26-21(34)36-23(2,3)4/h5-9,12H,10-11,13H2,1-4H3,(H,26,34)(H,25,27,28,29). The Morgan fingerprint density at radius 3 is 2.42 bits per heavy atom. The normalized spacial score (nSPS) is 11.1. The average Bonchev–Trinajstić information content (AvgIpc) is 2.81. The van der Waals surface area contributed by atoms with E-state index in [9.17, 15) is 19.2 Å². The Morgan fingerprint density at radius 1 is 1.06 bits per heavy atom. The van der Waals surface area contributed by atoms with Crippen LogP contribution in [0.1, 0.15) is 36.7 Å². The monoisotopic (exact) mass is 515 g/mol. The fraction of sp³-hybridized carbons (Fsp3) is 0.348. The maximum atomic E-state index is 13.1. The molecule has 3 aromatic rings. The van der Waals surface area contributed by atoms with E-state index in [1.54, 1.807) is 51.1 Å². The van der Waals surface area contributed by atoms with Gasteiger partial charge in [-0.2, -0.15) is 15.0 Å². The lowest BCUT2D eigenvalue weighted by molar-refractivity contribution is 0.0530. The molecule has 1 amide bonds. The molecule has 0 radical (unpaired) electrons. The van der Waals surface area contributed by atoms with Crippen molar-refractivity contribution in [3.8, 4) is 5.95 Å². The second-order valence-electron chi connectivity index (χ2n) is 8.73. The first-order valence-corrected chi connectivity index (χ1v) is 11.4. The van der Waals surface area contributed by atoms with E-state index < -0.39 is 35.3 Å². The van der Waals surface area contributed by atoms with Crippen molar-refractivity contribution in [2.24, 2.45) is 0 Å². The minimum Gasteiger partial charge on any atom is -0.444 e. The summed E-state index contributed by atoms with van der Waals surface area (Å²) in [4.78, 5) is 62.3. The first kappa shape index (κ1) is 26.5. The van der Waals surface area contributed by atoms with Crippen LogP contribution in [0.15, 0.2) is 46.1 Å². The summed E-state index contributed by atoms with van der Waals surface area (Å²) in [6.07, 6.45) is 0.696. The number of ketones is 1. The molecule has 13 heteroatoms. The topological polar surface area (TPSA) is 150 Å². The molecule has 0 saturated carbocycles. The number of hydrogen-bond donors (Lipinski definition) is 2. The average molecular weight is 516 g/mol. The number of rotatable bonds is 8. The Hall–Kier alpha value is -4.06. The minimum absolute atomic E-state index is 0.0404. The molecule has 0 aliphatic rings. The Kier molecular flexibility index (Phi) is 8.20. The van der Waals surface area contributed by atoms with Gasteiger partial charge in [-0.3, -0.25) is 14.2 Å². The maximum Gasteiger partial charge on any atom is 0.407 e. The van der Waals surface area contributed by atoms with Crippen LogP contribution in [0.4, 0.5) is 10.7 Å². The van der Waals surface area contributed by atoms with E-state index in [0.29, 0.717) is 5.56 Å². The second-order valence-corrected chi connectivity index (χ2v) is 9.07. The molecule has 0 fully saturated rings. The summed E-state index contributed by atoms with van der Waals surface area (Å²) < 4.78 is 7.00. The lowest BCUT2D eigenvalue weighted by atomic mass is 10.1. The van der Waals surface area contributed by atoms with Crippen LogP contribution in [-0.4, -0.2) is 54.7 Å². The summed E-state index contributed by atoms with van der Waals surface area (Å²) >= 11 is 6.03. The van der Waals surface area contributed by atoms with Crippen LogP contribution in [0, 0.1) is 6.92 Å². The zero-order valence-electron chi connectivity index (χ0n) is 20.2. The lowest BCUT2D eigenvalue weighted by Crippen LogP contribution is -2.42. The van der Waals surface area contributed by atoms with Crippen molar-refractivity contribution < 1.29 is 14.3 Å². The number of carbonyl (C=O) groups is 2. The first-order chi connectivity index (χ1) is 16.9. The number of benzene rings is 1. The van der Waals surface area contributed by atoms with Crippen LogP contribution in [0.3, 0.4) is 0 Å². The van der Waals surface area contributed by atoms with E-state index in [4.69, 9.17) is 16.3 Å². The van der Waals surface area contributed by atoms with Crippen molar-refractivity contribution in [3.63, 3.8) is 0 Å². The van der Waals surface area contributed by atoms with Crippen LogP contribution in [-0.2, 0) is 11.3 Å². The molecule has 3 rings (SSSR count). The van der Waals surface area contributed by atoms with Gasteiger partial charge < -0.3 is 15.4 Å². The van der Waals surface area contributed by atoms with E-state index in [-0.39, 0.29) is 35.8 Å². The summed E-state index contributed by atoms with van der Waals surface area (Å²) in [6, 6.07) is 8.34. The molecule has 0 atom stereocenters. The summed E-state index contributed by atoms with van der Waals surface area (Å²) in [7, 11) is 0. The third kappa shape index (κ3) is 6.98. The number of alkyl carbamates (subject to hydrolysis) is 1. The van der Waals surface area contributed by atoms with E-state index >= 15 is 0 Å². The SMILES string of the molecule is Cc1cn(-c2nc(Cl)nc(NCCNC(=O)OC(C)(C)C)n2)c(=O)n(CC(=O)c2ccccc2)c1=O. The lowest BCUT2D eigenvalue weighted by Gasteiger charge is -2.19. The summed E-state index contributed by atoms with van der Waals surface area (Å²) in [5.74, 6) is -0.509. The van der Waals surface area contributed by atoms with Gasteiger partial charge in [0.1, 0.15) is 5.60 Å². The Morgan fingerprint density at radius 2 is 1.75 bits per heavy atom. The number of anilines is 1. The third-order valence-corrected chi connectivity index (χ3v) is 4.80. The molecule has 1 aromatic carbocycles. The number of amides is 1. The van der Waals surface area contributed by atoms with Crippen LogP contribution in [0.2, 0.25) is 5.28 Å². The number of ether oxygens (including phenoxy) is 1. The zero-order chi connectivity index (χ0) is 26.5. The molecule has 2 heterocycles. The van der Waals surface area contributed by atoms with Gasteiger partial charge in [-0.15, -0.1) is 0 Å². The van der Waals surface area contributed by atoms with Crippen LogP contribution in [0.5, 0.6) is 0 Å². The highest BCUT2D eigenvalue weighted by Gasteiger charge is 2.18. The zero-order valence-corrected chi connectivity index (χ0v) is 21.0. The van der Waals surface area contributed by atoms with Crippen molar-refractivity contribution in [2.45, 2.75) is 39.8 Å². The highest BCUT2D eigenvalue weighted by molar-refractivity contribution is 6.28. The molecule has 0 unspecified atom stereocenters. The van der Waals surface area contributed by atoms with Gasteiger partial charge >= 0.3 is 11.8 Å². The predicted octanol–water partition coefficient (Wildman–Crippen LogP) is 1.97. The Balaban J connectivity index is 1.81. The number of hydrogen-bond acceptors (Lipinski definition) is 9. The smallest absolute Gasteiger partial charge is 0.407 e. The number of carbonyl (C=O) groups excluding carboxylic acids is 2. The molecule has 0 saturated heterocycles. The molecule has 36 heavy (non-hydrogen) atoms. The van der Waals surface area contributed by atoms with Crippen LogP contribution < -0.4 is 21.9 Å². The molecule has 0 aliphatic heterocycles. The van der Waals surface area contributed by atoms with Gasteiger partial charge in [0.05, 0.1) is 6.54 Å². The van der Waals surface area contributed by atoms with E-state index in [1.807, 2.05) is 0 Å². The minimum atomic E-state index is -0.810. The molecule has 2 aromatic heterocycles. The highest BCUT2D eigenvalue weighted by atomic mass is 35.5. The summed E-state index contributed by atoms with van der Waals surface area (Å²) in [5.41, 5.74) is -1.47. The van der Waals surface area contributed by atoms with Crippen molar-refractivity contribution in [1.82, 2.24) is 29.4 Å². The van der Waals surface area contributed by atoms with Gasteiger partial charge in [-0.1, -0.05) is 30.3 Å². The van der Waals surface area contributed by atoms with Gasteiger partial charge in [0.2, 0.25) is 17.2 Å². The molecule has 190 valence electrons. The number of aromatic nitrogens is 5. The molecule has 0 spiro atoms. The van der Waals surface area contributed by atoms with E-state index in [1.165, 1.54) is 13.1 Å². The number of nitrogens with zero attached hydrogens (tertiary/aromatic N) is 5. The number of halogens is 1. The van der Waals surface area contributed by atoms with Gasteiger partial charge in [-0.25, -0.2) is 14.2 Å². The molecular weight excluding hydrogens is 490 g/mol. The predicted molar refractivity (Wildman–Crippen MR) is 133 cm³/mol. The van der Waals surface area contributed by atoms with Crippen molar-refractivity contribution in [1.29, 1.82) is 0 Å². The molecule has 2 N–H and O–H groups in total. The molecular formula is C23H26ClN7O5. The fourth-order valence-electron chi connectivity index (χ4n) is 3.05. The Labute approximate surface area is 211 Å². The first-order valence-electron chi connectivity index (χ1n) is 11.0. The highest BCUT2D eigenvalue weighted by Crippen LogP contribution is 2.09. The van der Waals surface area contributed by atoms with Crippen LogP contribution >= 0.6 is 11.6 Å². The van der Waals surface area contributed by atoms with Crippen LogP contribution in [0.25, 0.3) is 5.95 Å².